The number of hydrogen-bond donors (Lipinski definition) is 2. The molecule has 3 nitrogen and oxygen atoms in total. The fraction of sp³-hybridized carbons (Fsp3) is 1.00. The van der Waals surface area contributed by atoms with E-state index in [1.807, 2.05) is 13.8 Å². The highest BCUT2D eigenvalue weighted by molar-refractivity contribution is 4.81. The first-order valence-electron chi connectivity index (χ1n) is 5.66. The van der Waals surface area contributed by atoms with Gasteiger partial charge in [-0.1, -0.05) is 20.3 Å². The van der Waals surface area contributed by atoms with Crippen LogP contribution < -0.4 is 0 Å². The molecule has 1 heterocycles. The van der Waals surface area contributed by atoms with Crippen LogP contribution in [0, 0.1) is 5.92 Å². The van der Waals surface area contributed by atoms with Crippen LogP contribution in [0.3, 0.4) is 0 Å². The average Bonchev–Trinajstić information content (AvgIpc) is 2.90. The minimum absolute atomic E-state index is 0.0131. The fourth-order valence-corrected chi connectivity index (χ4v) is 1.96. The standard InChI is InChI=1S/C11H22O3/c1-3-5-10(12)9(4-2)11(13)6-8-7-14-8/h8-13H,3-7H2,1-2H3. The molecule has 0 spiro atoms. The average molecular weight is 202 g/mol. The van der Waals surface area contributed by atoms with Gasteiger partial charge in [0.05, 0.1) is 24.9 Å². The number of hydrogen-bond acceptors (Lipinski definition) is 3. The molecule has 3 heteroatoms. The monoisotopic (exact) mass is 202 g/mol. The Kier molecular flexibility index (Phi) is 4.85. The molecule has 84 valence electrons. The lowest BCUT2D eigenvalue weighted by molar-refractivity contribution is -0.000810. The highest BCUT2D eigenvalue weighted by atomic mass is 16.6. The molecule has 0 saturated carbocycles. The van der Waals surface area contributed by atoms with Crippen LogP contribution in [0.1, 0.15) is 39.5 Å². The molecular formula is C11H22O3. The Morgan fingerprint density at radius 1 is 1.29 bits per heavy atom. The van der Waals surface area contributed by atoms with Crippen molar-refractivity contribution in [3.63, 3.8) is 0 Å². The largest absolute Gasteiger partial charge is 0.393 e. The third-order valence-corrected chi connectivity index (χ3v) is 2.95. The third kappa shape index (κ3) is 3.56. The molecule has 4 unspecified atom stereocenters. The molecule has 0 radical (unpaired) electrons. The van der Waals surface area contributed by atoms with E-state index in [4.69, 9.17) is 4.74 Å². The summed E-state index contributed by atoms with van der Waals surface area (Å²) in [5, 5.41) is 19.7. The molecule has 1 rings (SSSR count). The van der Waals surface area contributed by atoms with E-state index in [0.717, 1.165) is 25.9 Å². The predicted octanol–water partition coefficient (Wildman–Crippen LogP) is 1.32. The normalized spacial score (nSPS) is 27.0. The minimum Gasteiger partial charge on any atom is -0.393 e. The van der Waals surface area contributed by atoms with Gasteiger partial charge in [0.1, 0.15) is 0 Å². The first-order chi connectivity index (χ1) is 6.69. The molecule has 1 aliphatic rings. The van der Waals surface area contributed by atoms with E-state index in [0.29, 0.717) is 6.42 Å². The van der Waals surface area contributed by atoms with Gasteiger partial charge < -0.3 is 14.9 Å². The van der Waals surface area contributed by atoms with Crippen molar-refractivity contribution in [1.82, 2.24) is 0 Å². The van der Waals surface area contributed by atoms with Gasteiger partial charge in [-0.25, -0.2) is 0 Å². The second kappa shape index (κ2) is 5.69. The van der Waals surface area contributed by atoms with Crippen LogP contribution in [0.2, 0.25) is 0 Å². The summed E-state index contributed by atoms with van der Waals surface area (Å²) in [6, 6.07) is 0. The summed E-state index contributed by atoms with van der Waals surface area (Å²) in [6.45, 7) is 4.84. The van der Waals surface area contributed by atoms with Gasteiger partial charge in [-0.15, -0.1) is 0 Å². The molecule has 4 atom stereocenters. The van der Waals surface area contributed by atoms with Crippen molar-refractivity contribution in [2.45, 2.75) is 57.8 Å². The topological polar surface area (TPSA) is 53.0 Å². The summed E-state index contributed by atoms with van der Waals surface area (Å²) in [7, 11) is 0. The number of rotatable bonds is 7. The predicted molar refractivity (Wildman–Crippen MR) is 55.1 cm³/mol. The summed E-state index contributed by atoms with van der Waals surface area (Å²) in [4.78, 5) is 0. The van der Waals surface area contributed by atoms with Crippen LogP contribution >= 0.6 is 0 Å². The number of ether oxygens (including phenoxy) is 1. The smallest absolute Gasteiger partial charge is 0.0834 e. The van der Waals surface area contributed by atoms with Gasteiger partial charge in [-0.3, -0.25) is 0 Å². The van der Waals surface area contributed by atoms with Gasteiger partial charge in [-0.05, 0) is 12.8 Å². The van der Waals surface area contributed by atoms with Crippen molar-refractivity contribution < 1.29 is 14.9 Å². The highest BCUT2D eigenvalue weighted by Gasteiger charge is 2.31. The lowest BCUT2D eigenvalue weighted by Crippen LogP contribution is -2.32. The molecule has 1 saturated heterocycles. The molecule has 14 heavy (non-hydrogen) atoms. The molecule has 0 bridgehead atoms. The van der Waals surface area contributed by atoms with Gasteiger partial charge in [0.15, 0.2) is 0 Å². The van der Waals surface area contributed by atoms with Crippen LogP contribution in [0.25, 0.3) is 0 Å². The zero-order valence-electron chi connectivity index (χ0n) is 9.15. The Hall–Kier alpha value is -0.120. The van der Waals surface area contributed by atoms with Crippen molar-refractivity contribution >= 4 is 0 Å². The van der Waals surface area contributed by atoms with Gasteiger partial charge in [0.2, 0.25) is 0 Å². The summed E-state index contributed by atoms with van der Waals surface area (Å²) in [5.74, 6) is 0.0131. The maximum absolute atomic E-state index is 9.88. The summed E-state index contributed by atoms with van der Waals surface area (Å²) in [5.41, 5.74) is 0. The second-order valence-corrected chi connectivity index (χ2v) is 4.19. The van der Waals surface area contributed by atoms with E-state index in [9.17, 15) is 10.2 Å². The van der Waals surface area contributed by atoms with Gasteiger partial charge in [-0.2, -0.15) is 0 Å². The molecular weight excluding hydrogens is 180 g/mol. The SMILES string of the molecule is CCCC(O)C(CC)C(O)CC1CO1. The van der Waals surface area contributed by atoms with E-state index < -0.39 is 6.10 Å². The van der Waals surface area contributed by atoms with Crippen LogP contribution in [0.5, 0.6) is 0 Å². The Morgan fingerprint density at radius 3 is 2.36 bits per heavy atom. The Bertz CT molecular complexity index is 157. The number of aliphatic hydroxyl groups is 2. The van der Waals surface area contributed by atoms with E-state index in [2.05, 4.69) is 0 Å². The van der Waals surface area contributed by atoms with Crippen molar-refractivity contribution in [2.75, 3.05) is 6.61 Å². The van der Waals surface area contributed by atoms with Crippen LogP contribution in [0.15, 0.2) is 0 Å². The first kappa shape index (κ1) is 12.0. The molecule has 1 fully saturated rings. The van der Waals surface area contributed by atoms with Crippen molar-refractivity contribution in [2.24, 2.45) is 5.92 Å². The van der Waals surface area contributed by atoms with Crippen molar-refractivity contribution in [3.05, 3.63) is 0 Å². The third-order valence-electron chi connectivity index (χ3n) is 2.95. The molecule has 0 aromatic rings. The molecule has 0 aromatic heterocycles. The summed E-state index contributed by atoms with van der Waals surface area (Å²) in [6.07, 6.45) is 2.72. The Labute approximate surface area is 86.1 Å². The van der Waals surface area contributed by atoms with E-state index >= 15 is 0 Å². The zero-order valence-corrected chi connectivity index (χ0v) is 9.15. The number of epoxide rings is 1. The Morgan fingerprint density at radius 2 is 1.93 bits per heavy atom. The van der Waals surface area contributed by atoms with Crippen LogP contribution in [-0.4, -0.2) is 35.1 Å². The summed E-state index contributed by atoms with van der Waals surface area (Å²) >= 11 is 0. The Balaban J connectivity index is 2.33. The molecule has 2 N–H and O–H groups in total. The maximum atomic E-state index is 9.88. The quantitative estimate of drug-likeness (QED) is 0.612. The highest BCUT2D eigenvalue weighted by Crippen LogP contribution is 2.25. The minimum atomic E-state index is -0.408. The first-order valence-corrected chi connectivity index (χ1v) is 5.66. The van der Waals surface area contributed by atoms with E-state index in [1.165, 1.54) is 0 Å². The van der Waals surface area contributed by atoms with Gasteiger partial charge >= 0.3 is 0 Å². The van der Waals surface area contributed by atoms with E-state index in [-0.39, 0.29) is 18.1 Å². The lowest BCUT2D eigenvalue weighted by atomic mass is 9.88. The van der Waals surface area contributed by atoms with Gasteiger partial charge in [0.25, 0.3) is 0 Å². The number of aliphatic hydroxyl groups excluding tert-OH is 2. The second-order valence-electron chi connectivity index (χ2n) is 4.19. The van der Waals surface area contributed by atoms with Crippen molar-refractivity contribution in [1.29, 1.82) is 0 Å². The lowest BCUT2D eigenvalue weighted by Gasteiger charge is -2.26. The van der Waals surface area contributed by atoms with Crippen LogP contribution in [0.4, 0.5) is 0 Å². The molecule has 0 amide bonds. The fourth-order valence-electron chi connectivity index (χ4n) is 1.96. The maximum Gasteiger partial charge on any atom is 0.0834 e. The molecule has 0 aromatic carbocycles. The molecule has 1 aliphatic heterocycles. The molecule has 0 aliphatic carbocycles. The summed E-state index contributed by atoms with van der Waals surface area (Å²) < 4.78 is 5.07. The van der Waals surface area contributed by atoms with E-state index in [1.54, 1.807) is 0 Å². The van der Waals surface area contributed by atoms with Crippen LogP contribution in [-0.2, 0) is 4.74 Å². The zero-order chi connectivity index (χ0) is 10.6. The van der Waals surface area contributed by atoms with Crippen molar-refractivity contribution in [3.8, 4) is 0 Å². The van der Waals surface area contributed by atoms with Gasteiger partial charge in [0, 0.05) is 12.3 Å².